The van der Waals surface area contributed by atoms with Crippen molar-refractivity contribution in [3.05, 3.63) is 53.9 Å². The number of aromatic nitrogens is 1. The van der Waals surface area contributed by atoms with Crippen LogP contribution in [0.2, 0.25) is 0 Å². The van der Waals surface area contributed by atoms with Crippen molar-refractivity contribution in [2.24, 2.45) is 0 Å². The van der Waals surface area contributed by atoms with Crippen molar-refractivity contribution in [2.75, 3.05) is 11.9 Å². The Kier molecular flexibility index (Phi) is 3.28. The summed E-state index contributed by atoms with van der Waals surface area (Å²) in [6.45, 7) is 2.00. The van der Waals surface area contributed by atoms with Gasteiger partial charge in [-0.1, -0.05) is 12.1 Å². The van der Waals surface area contributed by atoms with Crippen molar-refractivity contribution in [3.8, 4) is 0 Å². The fourth-order valence-electron chi connectivity index (χ4n) is 1.81. The molecule has 0 radical (unpaired) electrons. The molecule has 0 fully saturated rings. The number of aryl methyl sites for hydroxylation is 1. The lowest BCUT2D eigenvalue weighted by molar-refractivity contribution is 0.0697. The van der Waals surface area contributed by atoms with E-state index in [-0.39, 0.29) is 5.56 Å². The molecule has 0 saturated carbocycles. The van der Waals surface area contributed by atoms with Crippen LogP contribution >= 0.6 is 0 Å². The van der Waals surface area contributed by atoms with Crippen molar-refractivity contribution in [1.82, 2.24) is 4.98 Å². The Morgan fingerprint density at radius 3 is 2.78 bits per heavy atom. The minimum atomic E-state index is -0.952. The number of hydrogen-bond donors (Lipinski definition) is 1. The van der Waals surface area contributed by atoms with Crippen LogP contribution in [-0.2, 0) is 0 Å². The number of anilines is 2. The van der Waals surface area contributed by atoms with E-state index in [1.54, 1.807) is 6.20 Å². The number of carbonyl (C=O) groups is 1. The second-order valence-corrected chi connectivity index (χ2v) is 4.10. The van der Waals surface area contributed by atoms with Gasteiger partial charge in [-0.3, -0.25) is 4.98 Å². The molecule has 0 amide bonds. The molecule has 18 heavy (non-hydrogen) atoms. The van der Waals surface area contributed by atoms with Gasteiger partial charge in [0.05, 0.1) is 17.4 Å². The van der Waals surface area contributed by atoms with Crippen molar-refractivity contribution < 1.29 is 9.90 Å². The Morgan fingerprint density at radius 1 is 1.33 bits per heavy atom. The molecule has 0 bridgehead atoms. The molecular weight excluding hydrogens is 228 g/mol. The number of carboxylic acids is 1. The number of benzene rings is 1. The fraction of sp³-hybridized carbons (Fsp3) is 0.143. The van der Waals surface area contributed by atoms with Gasteiger partial charge in [0.25, 0.3) is 0 Å². The summed E-state index contributed by atoms with van der Waals surface area (Å²) in [7, 11) is 1.83. The Bertz CT molecular complexity index is 582. The summed E-state index contributed by atoms with van der Waals surface area (Å²) in [6.07, 6.45) is 3.04. The summed E-state index contributed by atoms with van der Waals surface area (Å²) in [5.74, 6) is -0.952. The van der Waals surface area contributed by atoms with E-state index in [0.717, 1.165) is 11.3 Å². The van der Waals surface area contributed by atoms with Gasteiger partial charge in [0.2, 0.25) is 0 Å². The Balaban J connectivity index is 2.46. The van der Waals surface area contributed by atoms with Gasteiger partial charge in [-0.05, 0) is 30.7 Å². The SMILES string of the molecule is Cc1cccc(N(C)c2cnccc2C(=O)O)c1. The molecule has 0 aliphatic heterocycles. The van der Waals surface area contributed by atoms with Crippen molar-refractivity contribution in [2.45, 2.75) is 6.92 Å². The number of nitrogens with zero attached hydrogens (tertiary/aromatic N) is 2. The lowest BCUT2D eigenvalue weighted by atomic mass is 10.1. The van der Waals surface area contributed by atoms with Gasteiger partial charge in [-0.15, -0.1) is 0 Å². The fourth-order valence-corrected chi connectivity index (χ4v) is 1.81. The monoisotopic (exact) mass is 242 g/mol. The molecule has 2 aromatic rings. The molecule has 1 heterocycles. The van der Waals surface area contributed by atoms with Gasteiger partial charge in [0, 0.05) is 18.9 Å². The molecule has 0 unspecified atom stereocenters. The van der Waals surface area contributed by atoms with Crippen LogP contribution in [0.5, 0.6) is 0 Å². The molecule has 1 aromatic heterocycles. The Morgan fingerprint density at radius 2 is 2.11 bits per heavy atom. The van der Waals surface area contributed by atoms with Gasteiger partial charge >= 0.3 is 5.97 Å². The summed E-state index contributed by atoms with van der Waals surface area (Å²) in [5, 5.41) is 9.16. The van der Waals surface area contributed by atoms with Gasteiger partial charge < -0.3 is 10.0 Å². The molecule has 0 atom stereocenters. The zero-order valence-electron chi connectivity index (χ0n) is 10.3. The number of pyridine rings is 1. The van der Waals surface area contributed by atoms with Gasteiger partial charge in [0.15, 0.2) is 0 Å². The zero-order valence-corrected chi connectivity index (χ0v) is 10.3. The second-order valence-electron chi connectivity index (χ2n) is 4.10. The van der Waals surface area contributed by atoms with Crippen LogP contribution in [0.3, 0.4) is 0 Å². The average Bonchev–Trinajstić information content (AvgIpc) is 2.38. The van der Waals surface area contributed by atoms with Crippen LogP contribution in [0.15, 0.2) is 42.7 Å². The first-order valence-electron chi connectivity index (χ1n) is 5.57. The average molecular weight is 242 g/mol. The van der Waals surface area contributed by atoms with Crippen LogP contribution in [0.1, 0.15) is 15.9 Å². The summed E-state index contributed by atoms with van der Waals surface area (Å²) in [4.78, 5) is 17.0. The van der Waals surface area contributed by atoms with Gasteiger partial charge in [-0.25, -0.2) is 4.79 Å². The topological polar surface area (TPSA) is 53.4 Å². The van der Waals surface area contributed by atoms with E-state index in [2.05, 4.69) is 4.98 Å². The molecule has 4 nitrogen and oxygen atoms in total. The molecule has 92 valence electrons. The Labute approximate surface area is 106 Å². The highest BCUT2D eigenvalue weighted by atomic mass is 16.4. The quantitative estimate of drug-likeness (QED) is 0.899. The van der Waals surface area contributed by atoms with E-state index < -0.39 is 5.97 Å². The van der Waals surface area contributed by atoms with Crippen LogP contribution in [0.25, 0.3) is 0 Å². The van der Waals surface area contributed by atoms with E-state index in [0.29, 0.717) is 5.69 Å². The van der Waals surface area contributed by atoms with Crippen LogP contribution in [0.4, 0.5) is 11.4 Å². The number of rotatable bonds is 3. The molecule has 1 aromatic carbocycles. The summed E-state index contributed by atoms with van der Waals surface area (Å²) in [6, 6.07) is 9.38. The minimum absolute atomic E-state index is 0.244. The largest absolute Gasteiger partial charge is 0.478 e. The van der Waals surface area contributed by atoms with Crippen LogP contribution < -0.4 is 4.90 Å². The van der Waals surface area contributed by atoms with E-state index in [1.807, 2.05) is 43.1 Å². The number of aromatic carboxylic acids is 1. The highest BCUT2D eigenvalue weighted by molar-refractivity contribution is 5.95. The maximum absolute atomic E-state index is 11.2. The molecule has 0 aliphatic carbocycles. The Hall–Kier alpha value is -2.36. The number of hydrogen-bond acceptors (Lipinski definition) is 3. The van der Waals surface area contributed by atoms with E-state index >= 15 is 0 Å². The van der Waals surface area contributed by atoms with Gasteiger partial charge in [0.1, 0.15) is 0 Å². The first-order chi connectivity index (χ1) is 8.59. The van der Waals surface area contributed by atoms with Gasteiger partial charge in [-0.2, -0.15) is 0 Å². The second kappa shape index (κ2) is 4.87. The highest BCUT2D eigenvalue weighted by Gasteiger charge is 2.14. The maximum atomic E-state index is 11.2. The molecule has 0 spiro atoms. The first kappa shape index (κ1) is 12.1. The molecular formula is C14H14N2O2. The lowest BCUT2D eigenvalue weighted by Crippen LogP contribution is -2.14. The lowest BCUT2D eigenvalue weighted by Gasteiger charge is -2.21. The summed E-state index contributed by atoms with van der Waals surface area (Å²) >= 11 is 0. The highest BCUT2D eigenvalue weighted by Crippen LogP contribution is 2.26. The third-order valence-corrected chi connectivity index (χ3v) is 2.78. The van der Waals surface area contributed by atoms with Crippen LogP contribution in [0, 0.1) is 6.92 Å². The number of carboxylic acid groups (broad SMARTS) is 1. The van der Waals surface area contributed by atoms with Crippen LogP contribution in [-0.4, -0.2) is 23.1 Å². The van der Waals surface area contributed by atoms with E-state index in [4.69, 9.17) is 5.11 Å². The standard InChI is InChI=1S/C14H14N2O2/c1-10-4-3-5-11(8-10)16(2)13-9-15-7-6-12(13)14(17)18/h3-9H,1-2H3,(H,17,18). The molecule has 0 aliphatic rings. The third kappa shape index (κ3) is 2.32. The first-order valence-corrected chi connectivity index (χ1v) is 5.57. The predicted molar refractivity (Wildman–Crippen MR) is 70.4 cm³/mol. The minimum Gasteiger partial charge on any atom is -0.478 e. The molecule has 2 rings (SSSR count). The predicted octanol–water partition coefficient (Wildman–Crippen LogP) is 2.86. The van der Waals surface area contributed by atoms with E-state index in [9.17, 15) is 4.79 Å². The summed E-state index contributed by atoms with van der Waals surface area (Å²) < 4.78 is 0. The normalized spacial score (nSPS) is 10.1. The van der Waals surface area contributed by atoms with Crippen molar-refractivity contribution in [3.63, 3.8) is 0 Å². The smallest absolute Gasteiger partial charge is 0.337 e. The van der Waals surface area contributed by atoms with Crippen molar-refractivity contribution >= 4 is 17.3 Å². The third-order valence-electron chi connectivity index (χ3n) is 2.78. The zero-order chi connectivity index (χ0) is 13.1. The maximum Gasteiger partial charge on any atom is 0.337 e. The molecule has 1 N–H and O–H groups in total. The molecule has 4 heteroatoms. The summed E-state index contributed by atoms with van der Waals surface area (Å²) in [5.41, 5.74) is 2.88. The van der Waals surface area contributed by atoms with E-state index in [1.165, 1.54) is 12.3 Å². The van der Waals surface area contributed by atoms with Crippen molar-refractivity contribution in [1.29, 1.82) is 0 Å². The molecule has 0 saturated heterocycles.